The summed E-state index contributed by atoms with van der Waals surface area (Å²) >= 11 is 11.7. The molecule has 0 aliphatic rings. The molecule has 5 nitrogen and oxygen atoms in total. The Kier molecular flexibility index (Phi) is 5.29. The summed E-state index contributed by atoms with van der Waals surface area (Å²) < 4.78 is 27.2. The van der Waals surface area contributed by atoms with E-state index >= 15 is 0 Å². The van der Waals surface area contributed by atoms with Crippen LogP contribution in [0.15, 0.2) is 48.8 Å². The zero-order chi connectivity index (χ0) is 18.7. The molecule has 1 heterocycles. The molecule has 0 saturated heterocycles. The molecule has 3 aromatic rings. The van der Waals surface area contributed by atoms with E-state index in [1.54, 1.807) is 0 Å². The summed E-state index contributed by atoms with van der Waals surface area (Å²) in [5, 5.41) is 5.79. The number of aromatic nitrogens is 2. The van der Waals surface area contributed by atoms with Crippen LogP contribution in [0.25, 0.3) is 0 Å². The summed E-state index contributed by atoms with van der Waals surface area (Å²) in [5.41, 5.74) is 0.0400. The van der Waals surface area contributed by atoms with Crippen LogP contribution in [0, 0.1) is 11.6 Å². The molecule has 0 atom stereocenters. The molecule has 26 heavy (non-hydrogen) atoms. The van der Waals surface area contributed by atoms with Gasteiger partial charge in [-0.2, -0.15) is 0 Å². The maximum absolute atomic E-state index is 13.6. The predicted molar refractivity (Wildman–Crippen MR) is 96.1 cm³/mol. The lowest BCUT2D eigenvalue weighted by Crippen LogP contribution is -2.14. The number of carbonyl (C=O) groups is 1. The summed E-state index contributed by atoms with van der Waals surface area (Å²) in [6.07, 6.45) is 2.36. The first-order valence-electron chi connectivity index (χ1n) is 7.23. The number of amides is 1. The highest BCUT2D eigenvalue weighted by Crippen LogP contribution is 2.23. The fourth-order valence-corrected chi connectivity index (χ4v) is 2.60. The predicted octanol–water partition coefficient (Wildman–Crippen LogP) is 5.06. The molecule has 0 radical (unpaired) electrons. The van der Waals surface area contributed by atoms with Crippen LogP contribution in [0.3, 0.4) is 0 Å². The number of hydrogen-bond acceptors (Lipinski definition) is 4. The van der Waals surface area contributed by atoms with Gasteiger partial charge < -0.3 is 10.6 Å². The number of carbonyl (C=O) groups excluding carboxylic acids is 1. The Morgan fingerprint density at radius 1 is 0.962 bits per heavy atom. The highest BCUT2D eigenvalue weighted by molar-refractivity contribution is 6.35. The minimum atomic E-state index is -0.772. The SMILES string of the molecule is O=C(Nc1cc(Cl)cc(Cl)c1)c1cnc(Nc2c(F)cccc2F)cn1. The zero-order valence-electron chi connectivity index (χ0n) is 12.9. The Morgan fingerprint density at radius 2 is 1.62 bits per heavy atom. The number of nitrogens with one attached hydrogen (secondary N) is 2. The van der Waals surface area contributed by atoms with Gasteiger partial charge in [0.15, 0.2) is 0 Å². The molecule has 9 heteroatoms. The first-order chi connectivity index (χ1) is 12.4. The van der Waals surface area contributed by atoms with Crippen molar-refractivity contribution in [3.8, 4) is 0 Å². The first-order valence-corrected chi connectivity index (χ1v) is 7.98. The quantitative estimate of drug-likeness (QED) is 0.648. The van der Waals surface area contributed by atoms with Gasteiger partial charge in [-0.25, -0.2) is 18.7 Å². The molecular weight excluding hydrogens is 385 g/mol. The number of nitrogens with zero attached hydrogens (tertiary/aromatic N) is 2. The van der Waals surface area contributed by atoms with Crippen molar-refractivity contribution in [2.45, 2.75) is 0 Å². The zero-order valence-corrected chi connectivity index (χ0v) is 14.4. The summed E-state index contributed by atoms with van der Waals surface area (Å²) in [7, 11) is 0. The molecule has 2 aromatic carbocycles. The van der Waals surface area contributed by atoms with Gasteiger partial charge in [-0.15, -0.1) is 0 Å². The summed E-state index contributed by atoms with van der Waals surface area (Å²) in [6.45, 7) is 0. The lowest BCUT2D eigenvalue weighted by Gasteiger charge is -2.09. The minimum absolute atomic E-state index is 0.000605. The molecule has 0 fully saturated rings. The lowest BCUT2D eigenvalue weighted by molar-refractivity contribution is 0.102. The molecule has 0 aliphatic carbocycles. The smallest absolute Gasteiger partial charge is 0.275 e. The van der Waals surface area contributed by atoms with E-state index in [1.807, 2.05) is 0 Å². The monoisotopic (exact) mass is 394 g/mol. The molecule has 2 N–H and O–H groups in total. The Morgan fingerprint density at radius 3 is 2.19 bits per heavy atom. The minimum Gasteiger partial charge on any atom is -0.334 e. The standard InChI is InChI=1S/C17H10Cl2F2N4O/c18-9-4-10(19)6-11(5-9)24-17(26)14-7-23-15(8-22-14)25-16-12(20)2-1-3-13(16)21/h1-8H,(H,23,25)(H,24,26). The van der Waals surface area contributed by atoms with E-state index in [-0.39, 0.29) is 17.2 Å². The third-order valence-electron chi connectivity index (χ3n) is 3.22. The van der Waals surface area contributed by atoms with Gasteiger partial charge in [0, 0.05) is 15.7 Å². The third-order valence-corrected chi connectivity index (χ3v) is 3.66. The van der Waals surface area contributed by atoms with Gasteiger partial charge in [0.05, 0.1) is 12.4 Å². The fraction of sp³-hybridized carbons (Fsp3) is 0. The topological polar surface area (TPSA) is 66.9 Å². The molecular formula is C17H10Cl2F2N4O. The molecule has 1 aromatic heterocycles. The van der Waals surface area contributed by atoms with Gasteiger partial charge in [0.2, 0.25) is 0 Å². The third kappa shape index (κ3) is 4.25. The molecule has 3 rings (SSSR count). The summed E-state index contributed by atoms with van der Waals surface area (Å²) in [5.74, 6) is -2.01. The van der Waals surface area contributed by atoms with Gasteiger partial charge in [-0.1, -0.05) is 29.3 Å². The van der Waals surface area contributed by atoms with E-state index in [4.69, 9.17) is 23.2 Å². The van der Waals surface area contributed by atoms with Crippen LogP contribution in [0.4, 0.5) is 26.0 Å². The molecule has 0 unspecified atom stereocenters. The largest absolute Gasteiger partial charge is 0.334 e. The number of hydrogen-bond donors (Lipinski definition) is 2. The van der Waals surface area contributed by atoms with Gasteiger partial charge in [0.25, 0.3) is 5.91 Å². The lowest BCUT2D eigenvalue weighted by atomic mass is 10.3. The van der Waals surface area contributed by atoms with E-state index in [2.05, 4.69) is 20.6 Å². The van der Waals surface area contributed by atoms with E-state index in [0.29, 0.717) is 15.7 Å². The van der Waals surface area contributed by atoms with Crippen molar-refractivity contribution < 1.29 is 13.6 Å². The van der Waals surface area contributed by atoms with Gasteiger partial charge in [-0.3, -0.25) is 4.79 Å². The van der Waals surface area contributed by atoms with Crippen LogP contribution in [-0.4, -0.2) is 15.9 Å². The van der Waals surface area contributed by atoms with Crippen LogP contribution >= 0.6 is 23.2 Å². The van der Waals surface area contributed by atoms with Crippen LogP contribution in [-0.2, 0) is 0 Å². The van der Waals surface area contributed by atoms with E-state index in [9.17, 15) is 13.6 Å². The molecule has 0 spiro atoms. The number of rotatable bonds is 4. The molecule has 1 amide bonds. The number of anilines is 3. The van der Waals surface area contributed by atoms with Crippen LogP contribution in [0.1, 0.15) is 10.5 Å². The Hall–Kier alpha value is -2.77. The average molecular weight is 395 g/mol. The van der Waals surface area contributed by atoms with Gasteiger partial charge in [0.1, 0.15) is 28.8 Å². The maximum atomic E-state index is 13.6. The molecule has 0 bridgehead atoms. The van der Waals surface area contributed by atoms with E-state index in [0.717, 1.165) is 12.1 Å². The maximum Gasteiger partial charge on any atom is 0.275 e. The Bertz CT molecular complexity index is 927. The van der Waals surface area contributed by atoms with Crippen molar-refractivity contribution in [1.29, 1.82) is 0 Å². The Balaban J connectivity index is 1.73. The normalized spacial score (nSPS) is 10.5. The van der Waals surface area contributed by atoms with Crippen molar-refractivity contribution in [2.24, 2.45) is 0 Å². The van der Waals surface area contributed by atoms with Gasteiger partial charge in [-0.05, 0) is 30.3 Å². The molecule has 0 saturated carbocycles. The summed E-state index contributed by atoms with van der Waals surface area (Å²) in [4.78, 5) is 20.0. The van der Waals surface area contributed by atoms with E-state index < -0.39 is 17.5 Å². The fourth-order valence-electron chi connectivity index (χ4n) is 2.08. The highest BCUT2D eigenvalue weighted by Gasteiger charge is 2.12. The van der Waals surface area contributed by atoms with Crippen molar-refractivity contribution in [3.63, 3.8) is 0 Å². The highest BCUT2D eigenvalue weighted by atomic mass is 35.5. The number of halogens is 4. The second-order valence-corrected chi connectivity index (χ2v) is 5.99. The van der Waals surface area contributed by atoms with Gasteiger partial charge >= 0.3 is 0 Å². The van der Waals surface area contributed by atoms with Crippen molar-refractivity contribution in [1.82, 2.24) is 9.97 Å². The van der Waals surface area contributed by atoms with Crippen LogP contribution in [0.2, 0.25) is 10.0 Å². The number of benzene rings is 2. The van der Waals surface area contributed by atoms with Crippen molar-refractivity contribution in [2.75, 3.05) is 10.6 Å². The molecule has 132 valence electrons. The first kappa shape index (κ1) is 18.0. The van der Waals surface area contributed by atoms with Crippen LogP contribution in [0.5, 0.6) is 0 Å². The second kappa shape index (κ2) is 7.63. The summed E-state index contributed by atoms with van der Waals surface area (Å²) in [6, 6.07) is 8.04. The van der Waals surface area contributed by atoms with Crippen molar-refractivity contribution >= 4 is 46.3 Å². The van der Waals surface area contributed by atoms with Crippen LogP contribution < -0.4 is 10.6 Å². The van der Waals surface area contributed by atoms with E-state index in [1.165, 1.54) is 36.7 Å². The number of para-hydroxylation sites is 1. The Labute approximate surface area is 157 Å². The molecule has 0 aliphatic heterocycles. The second-order valence-electron chi connectivity index (χ2n) is 5.12. The average Bonchev–Trinajstić information content (AvgIpc) is 2.58. The van der Waals surface area contributed by atoms with Crippen molar-refractivity contribution in [3.05, 3.63) is 76.2 Å².